The van der Waals surface area contributed by atoms with Gasteiger partial charge in [0.2, 0.25) is 0 Å². The van der Waals surface area contributed by atoms with Crippen LogP contribution >= 0.6 is 11.6 Å². The second-order valence-corrected chi connectivity index (χ2v) is 4.29. The van der Waals surface area contributed by atoms with Crippen LogP contribution in [-0.2, 0) is 16.0 Å². The summed E-state index contributed by atoms with van der Waals surface area (Å²) in [6.45, 7) is 3.48. The zero-order valence-corrected chi connectivity index (χ0v) is 11.0. The van der Waals surface area contributed by atoms with Gasteiger partial charge in [0.15, 0.2) is 0 Å². The molecule has 0 fully saturated rings. The fraction of sp³-hybridized carbons (Fsp3) is 0.462. The summed E-state index contributed by atoms with van der Waals surface area (Å²) in [6.07, 6.45) is 0.664. The topological polar surface area (TPSA) is 38.3 Å². The van der Waals surface area contributed by atoms with Crippen molar-refractivity contribution in [3.63, 3.8) is 0 Å². The minimum Gasteiger partial charge on any atom is -0.469 e. The molecule has 17 heavy (non-hydrogen) atoms. The first-order valence-electron chi connectivity index (χ1n) is 5.70. The van der Waals surface area contributed by atoms with Gasteiger partial charge in [-0.3, -0.25) is 4.79 Å². The Labute approximate surface area is 107 Å². The molecule has 0 saturated carbocycles. The molecule has 0 spiro atoms. The lowest BCUT2D eigenvalue weighted by Crippen LogP contribution is -2.30. The summed E-state index contributed by atoms with van der Waals surface area (Å²) in [5.41, 5.74) is 1.09. The quantitative estimate of drug-likeness (QED) is 0.793. The van der Waals surface area contributed by atoms with Gasteiger partial charge in [0, 0.05) is 11.6 Å². The minimum absolute atomic E-state index is 0.152. The Kier molecular flexibility index (Phi) is 6.01. The van der Waals surface area contributed by atoms with E-state index in [0.29, 0.717) is 18.0 Å². The fourth-order valence-electron chi connectivity index (χ4n) is 1.63. The van der Waals surface area contributed by atoms with Gasteiger partial charge in [-0.1, -0.05) is 30.7 Å². The molecular weight excluding hydrogens is 238 g/mol. The van der Waals surface area contributed by atoms with Gasteiger partial charge in [0.1, 0.15) is 0 Å². The summed E-state index contributed by atoms with van der Waals surface area (Å²) >= 11 is 5.82. The van der Waals surface area contributed by atoms with E-state index in [9.17, 15) is 4.79 Å². The van der Waals surface area contributed by atoms with Gasteiger partial charge < -0.3 is 10.1 Å². The van der Waals surface area contributed by atoms with Crippen LogP contribution in [0.1, 0.15) is 12.5 Å². The number of carbonyl (C=O) groups is 1. The molecule has 1 aromatic rings. The average Bonchev–Trinajstić information content (AvgIpc) is 2.36. The number of rotatable bonds is 6. The molecule has 1 atom stereocenters. The smallest absolute Gasteiger partial charge is 0.310 e. The SMILES string of the molecule is CCNC[C@H](Cc1ccc(Cl)cc1)C(=O)OC. The Hall–Kier alpha value is -1.06. The molecule has 0 aliphatic heterocycles. The van der Waals surface area contributed by atoms with Crippen LogP contribution in [0.25, 0.3) is 0 Å². The lowest BCUT2D eigenvalue weighted by atomic mass is 9.99. The molecule has 1 rings (SSSR count). The number of esters is 1. The summed E-state index contributed by atoms with van der Waals surface area (Å²) in [4.78, 5) is 11.6. The van der Waals surface area contributed by atoms with Crippen molar-refractivity contribution >= 4 is 17.6 Å². The monoisotopic (exact) mass is 255 g/mol. The van der Waals surface area contributed by atoms with Crippen LogP contribution in [0, 0.1) is 5.92 Å². The maximum Gasteiger partial charge on any atom is 0.310 e. The van der Waals surface area contributed by atoms with Gasteiger partial charge in [-0.25, -0.2) is 0 Å². The summed E-state index contributed by atoms with van der Waals surface area (Å²) < 4.78 is 4.80. The Morgan fingerprint density at radius 2 is 2.06 bits per heavy atom. The molecule has 0 radical (unpaired) electrons. The van der Waals surface area contributed by atoms with Gasteiger partial charge in [-0.15, -0.1) is 0 Å². The molecule has 0 aliphatic rings. The Bertz CT molecular complexity index is 351. The third-order valence-electron chi connectivity index (χ3n) is 2.57. The third kappa shape index (κ3) is 4.75. The molecule has 0 heterocycles. The van der Waals surface area contributed by atoms with E-state index in [1.54, 1.807) is 0 Å². The van der Waals surface area contributed by atoms with Crippen LogP contribution in [0.2, 0.25) is 5.02 Å². The normalized spacial score (nSPS) is 12.2. The number of ether oxygens (including phenoxy) is 1. The van der Waals surface area contributed by atoms with Crippen molar-refractivity contribution in [3.8, 4) is 0 Å². The largest absolute Gasteiger partial charge is 0.469 e. The third-order valence-corrected chi connectivity index (χ3v) is 2.82. The number of nitrogens with one attached hydrogen (secondary N) is 1. The molecule has 1 N–H and O–H groups in total. The molecule has 0 amide bonds. The molecule has 0 bridgehead atoms. The van der Waals surface area contributed by atoms with Gasteiger partial charge in [-0.2, -0.15) is 0 Å². The summed E-state index contributed by atoms with van der Waals surface area (Å²) in [7, 11) is 1.42. The minimum atomic E-state index is -0.180. The van der Waals surface area contributed by atoms with E-state index in [0.717, 1.165) is 12.1 Å². The van der Waals surface area contributed by atoms with E-state index < -0.39 is 0 Å². The van der Waals surface area contributed by atoms with Crippen LogP contribution < -0.4 is 5.32 Å². The fourth-order valence-corrected chi connectivity index (χ4v) is 1.76. The van der Waals surface area contributed by atoms with Gasteiger partial charge in [0.05, 0.1) is 13.0 Å². The predicted molar refractivity (Wildman–Crippen MR) is 69.2 cm³/mol. The van der Waals surface area contributed by atoms with Crippen LogP contribution in [0.15, 0.2) is 24.3 Å². The van der Waals surface area contributed by atoms with E-state index in [-0.39, 0.29) is 11.9 Å². The Morgan fingerprint density at radius 1 is 1.41 bits per heavy atom. The van der Waals surface area contributed by atoms with E-state index >= 15 is 0 Å². The number of carbonyl (C=O) groups excluding carboxylic acids is 1. The lowest BCUT2D eigenvalue weighted by Gasteiger charge is -2.14. The molecule has 0 unspecified atom stereocenters. The van der Waals surface area contributed by atoms with E-state index in [2.05, 4.69) is 5.32 Å². The maximum atomic E-state index is 11.6. The molecule has 0 aromatic heterocycles. The van der Waals surface area contributed by atoms with E-state index in [1.165, 1.54) is 7.11 Å². The highest BCUT2D eigenvalue weighted by molar-refractivity contribution is 6.30. The zero-order chi connectivity index (χ0) is 12.7. The summed E-state index contributed by atoms with van der Waals surface area (Å²) in [6, 6.07) is 7.53. The highest BCUT2D eigenvalue weighted by atomic mass is 35.5. The predicted octanol–water partition coefficient (Wildman–Crippen LogP) is 2.28. The van der Waals surface area contributed by atoms with E-state index in [1.807, 2.05) is 31.2 Å². The molecule has 4 heteroatoms. The van der Waals surface area contributed by atoms with Crippen molar-refractivity contribution in [2.45, 2.75) is 13.3 Å². The molecule has 94 valence electrons. The lowest BCUT2D eigenvalue weighted by molar-refractivity contribution is -0.145. The zero-order valence-electron chi connectivity index (χ0n) is 10.2. The van der Waals surface area contributed by atoms with Crippen molar-refractivity contribution in [1.82, 2.24) is 5.32 Å². The number of hydrogen-bond acceptors (Lipinski definition) is 3. The summed E-state index contributed by atoms with van der Waals surface area (Å²) in [5, 5.41) is 3.87. The molecule has 0 aliphatic carbocycles. The molecule has 1 aromatic carbocycles. The summed E-state index contributed by atoms with van der Waals surface area (Å²) in [5.74, 6) is -0.331. The Morgan fingerprint density at radius 3 is 2.59 bits per heavy atom. The van der Waals surface area contributed by atoms with Crippen LogP contribution in [0.3, 0.4) is 0 Å². The maximum absolute atomic E-state index is 11.6. The number of halogens is 1. The van der Waals surface area contributed by atoms with Crippen LogP contribution in [0.5, 0.6) is 0 Å². The molecule has 0 saturated heterocycles. The highest BCUT2D eigenvalue weighted by Crippen LogP contribution is 2.14. The first kappa shape index (κ1) is 14.0. The first-order valence-corrected chi connectivity index (χ1v) is 6.08. The second kappa shape index (κ2) is 7.30. The number of hydrogen-bond donors (Lipinski definition) is 1. The van der Waals surface area contributed by atoms with E-state index in [4.69, 9.17) is 16.3 Å². The number of benzene rings is 1. The van der Waals surface area contributed by atoms with Gasteiger partial charge in [0.25, 0.3) is 0 Å². The van der Waals surface area contributed by atoms with Gasteiger partial charge >= 0.3 is 5.97 Å². The standard InChI is InChI=1S/C13H18ClNO2/c1-3-15-9-11(13(16)17-2)8-10-4-6-12(14)7-5-10/h4-7,11,15H,3,8-9H2,1-2H3/t11-/m0/s1. The van der Waals surface area contributed by atoms with Crippen molar-refractivity contribution in [2.24, 2.45) is 5.92 Å². The number of methoxy groups -OCH3 is 1. The highest BCUT2D eigenvalue weighted by Gasteiger charge is 2.18. The van der Waals surface area contributed by atoms with Crippen molar-refractivity contribution < 1.29 is 9.53 Å². The van der Waals surface area contributed by atoms with Crippen LogP contribution in [-0.4, -0.2) is 26.2 Å². The second-order valence-electron chi connectivity index (χ2n) is 3.86. The molecular formula is C13H18ClNO2. The Balaban J connectivity index is 2.64. The van der Waals surface area contributed by atoms with Gasteiger partial charge in [-0.05, 0) is 30.7 Å². The van der Waals surface area contributed by atoms with Crippen LogP contribution in [0.4, 0.5) is 0 Å². The molecule has 3 nitrogen and oxygen atoms in total. The van der Waals surface area contributed by atoms with Crippen molar-refractivity contribution in [1.29, 1.82) is 0 Å². The first-order chi connectivity index (χ1) is 8.17. The average molecular weight is 256 g/mol. The van der Waals surface area contributed by atoms with Crippen molar-refractivity contribution in [2.75, 3.05) is 20.2 Å². The van der Waals surface area contributed by atoms with Crippen molar-refractivity contribution in [3.05, 3.63) is 34.9 Å².